The molecule has 1 aliphatic heterocycles. The van der Waals surface area contributed by atoms with E-state index in [1.54, 1.807) is 0 Å². The van der Waals surface area contributed by atoms with Gasteiger partial charge in [0, 0.05) is 18.2 Å². The van der Waals surface area contributed by atoms with E-state index in [9.17, 15) is 4.79 Å². The van der Waals surface area contributed by atoms with Gasteiger partial charge in [-0.1, -0.05) is 42.5 Å². The zero-order valence-corrected chi connectivity index (χ0v) is 15.5. The van der Waals surface area contributed by atoms with Crippen LogP contribution in [0.15, 0.2) is 54.6 Å². The highest BCUT2D eigenvalue weighted by atomic mass is 16.1. The molecule has 0 aromatic heterocycles. The van der Waals surface area contributed by atoms with Crippen molar-refractivity contribution in [2.45, 2.75) is 24.9 Å². The lowest BCUT2D eigenvalue weighted by molar-refractivity contribution is 0.0932. The standard InChI is InChI=1S/C21H28N4O/c1-25(2)15-13-19(16-6-4-3-5-7-16)23-21(26)18-10-8-17(9-11-18)20-12-14-22-24-20/h3-11,19-20,22,24H,12-15H2,1-2H3,(H,23,26). The van der Waals surface area contributed by atoms with Crippen LogP contribution in [-0.4, -0.2) is 38.0 Å². The Hall–Kier alpha value is -2.21. The van der Waals surface area contributed by atoms with Crippen molar-refractivity contribution in [2.24, 2.45) is 0 Å². The second-order valence-corrected chi connectivity index (χ2v) is 7.06. The third kappa shape index (κ3) is 4.91. The average Bonchev–Trinajstić information content (AvgIpc) is 3.20. The van der Waals surface area contributed by atoms with Crippen LogP contribution in [0.2, 0.25) is 0 Å². The van der Waals surface area contributed by atoms with E-state index < -0.39 is 0 Å². The number of rotatable bonds is 7. The largest absolute Gasteiger partial charge is 0.345 e. The minimum atomic E-state index is -0.0262. The van der Waals surface area contributed by atoms with Crippen molar-refractivity contribution in [1.82, 2.24) is 21.1 Å². The molecule has 0 spiro atoms. The molecule has 1 fully saturated rings. The number of hydrogen-bond donors (Lipinski definition) is 3. The zero-order chi connectivity index (χ0) is 18.4. The Labute approximate surface area is 155 Å². The van der Waals surface area contributed by atoms with E-state index in [2.05, 4.69) is 47.3 Å². The third-order valence-corrected chi connectivity index (χ3v) is 4.78. The average molecular weight is 352 g/mol. The van der Waals surface area contributed by atoms with Crippen molar-refractivity contribution in [3.8, 4) is 0 Å². The van der Waals surface area contributed by atoms with Crippen LogP contribution in [0.1, 0.15) is 46.4 Å². The van der Waals surface area contributed by atoms with Crippen molar-refractivity contribution in [3.05, 3.63) is 71.3 Å². The zero-order valence-electron chi connectivity index (χ0n) is 15.5. The monoisotopic (exact) mass is 352 g/mol. The maximum absolute atomic E-state index is 12.8. The summed E-state index contributed by atoms with van der Waals surface area (Å²) in [4.78, 5) is 14.9. The highest BCUT2D eigenvalue weighted by molar-refractivity contribution is 5.94. The van der Waals surface area contributed by atoms with Crippen molar-refractivity contribution in [3.63, 3.8) is 0 Å². The number of nitrogens with one attached hydrogen (secondary N) is 3. The van der Waals surface area contributed by atoms with Gasteiger partial charge in [0.05, 0.1) is 6.04 Å². The molecule has 3 N–H and O–H groups in total. The van der Waals surface area contributed by atoms with Crippen LogP contribution in [0.25, 0.3) is 0 Å². The first-order valence-electron chi connectivity index (χ1n) is 9.22. The maximum atomic E-state index is 12.8. The molecule has 1 heterocycles. The number of carbonyl (C=O) groups is 1. The molecule has 2 aromatic rings. The molecule has 2 aromatic carbocycles. The number of hydrazine groups is 1. The lowest BCUT2D eigenvalue weighted by atomic mass is 10.0. The summed E-state index contributed by atoms with van der Waals surface area (Å²) >= 11 is 0. The lowest BCUT2D eigenvalue weighted by Crippen LogP contribution is -2.31. The van der Waals surface area contributed by atoms with Crippen molar-refractivity contribution in [2.75, 3.05) is 27.2 Å². The van der Waals surface area contributed by atoms with Crippen LogP contribution in [0, 0.1) is 0 Å². The summed E-state index contributed by atoms with van der Waals surface area (Å²) in [5, 5.41) is 3.20. The number of nitrogens with zero attached hydrogens (tertiary/aromatic N) is 1. The van der Waals surface area contributed by atoms with Crippen molar-refractivity contribution < 1.29 is 4.79 Å². The number of hydrogen-bond acceptors (Lipinski definition) is 4. The van der Waals surface area contributed by atoms with E-state index in [0.717, 1.165) is 31.5 Å². The molecule has 0 bridgehead atoms. The van der Waals surface area contributed by atoms with Crippen LogP contribution in [0.5, 0.6) is 0 Å². The molecule has 1 aliphatic rings. The quantitative estimate of drug-likeness (QED) is 0.717. The van der Waals surface area contributed by atoms with Crippen molar-refractivity contribution >= 4 is 5.91 Å². The summed E-state index contributed by atoms with van der Waals surface area (Å²) < 4.78 is 0. The van der Waals surface area contributed by atoms with Gasteiger partial charge in [0.25, 0.3) is 5.91 Å². The Morgan fingerprint density at radius 2 is 1.88 bits per heavy atom. The minimum Gasteiger partial charge on any atom is -0.345 e. The van der Waals surface area contributed by atoms with Crippen LogP contribution >= 0.6 is 0 Å². The highest BCUT2D eigenvalue weighted by Gasteiger charge is 2.18. The lowest BCUT2D eigenvalue weighted by Gasteiger charge is -2.21. The first-order valence-corrected chi connectivity index (χ1v) is 9.22. The predicted molar refractivity (Wildman–Crippen MR) is 105 cm³/mol. The summed E-state index contributed by atoms with van der Waals surface area (Å²) in [7, 11) is 4.10. The van der Waals surface area contributed by atoms with Gasteiger partial charge in [-0.25, -0.2) is 0 Å². The molecule has 138 valence electrons. The Bertz CT molecular complexity index is 694. The van der Waals surface area contributed by atoms with E-state index in [0.29, 0.717) is 11.6 Å². The summed E-state index contributed by atoms with van der Waals surface area (Å²) in [6, 6.07) is 18.4. The molecule has 5 nitrogen and oxygen atoms in total. The molecule has 0 aliphatic carbocycles. The van der Waals surface area contributed by atoms with Gasteiger partial charge < -0.3 is 10.2 Å². The van der Waals surface area contributed by atoms with Gasteiger partial charge >= 0.3 is 0 Å². The summed E-state index contributed by atoms with van der Waals surface area (Å²) in [6.45, 7) is 1.89. The van der Waals surface area contributed by atoms with Crippen molar-refractivity contribution in [1.29, 1.82) is 0 Å². The third-order valence-electron chi connectivity index (χ3n) is 4.78. The van der Waals surface area contributed by atoms with Gasteiger partial charge in [-0.3, -0.25) is 15.6 Å². The minimum absolute atomic E-state index is 0.00600. The Morgan fingerprint density at radius 3 is 2.50 bits per heavy atom. The fourth-order valence-corrected chi connectivity index (χ4v) is 3.24. The fraction of sp³-hybridized carbons (Fsp3) is 0.381. The van der Waals surface area contributed by atoms with E-state index >= 15 is 0 Å². The van der Waals surface area contributed by atoms with E-state index in [-0.39, 0.29) is 11.9 Å². The molecule has 1 saturated heterocycles. The van der Waals surface area contributed by atoms with Gasteiger partial charge in [0.1, 0.15) is 0 Å². The van der Waals surface area contributed by atoms with Crippen LogP contribution in [0.3, 0.4) is 0 Å². The summed E-state index contributed by atoms with van der Waals surface area (Å²) in [5.74, 6) is -0.0262. The predicted octanol–water partition coefficient (Wildman–Crippen LogP) is 2.65. The van der Waals surface area contributed by atoms with Crippen LogP contribution in [0.4, 0.5) is 0 Å². The van der Waals surface area contributed by atoms with Gasteiger partial charge in [-0.05, 0) is 56.7 Å². The molecule has 2 unspecified atom stereocenters. The molecule has 5 heteroatoms. The van der Waals surface area contributed by atoms with E-state index in [4.69, 9.17) is 0 Å². The second kappa shape index (κ2) is 8.94. The molecule has 1 amide bonds. The smallest absolute Gasteiger partial charge is 0.251 e. The fourth-order valence-electron chi connectivity index (χ4n) is 3.24. The van der Waals surface area contributed by atoms with Gasteiger partial charge in [0.2, 0.25) is 0 Å². The Balaban J connectivity index is 1.68. The number of benzene rings is 2. The van der Waals surface area contributed by atoms with Crippen LogP contribution in [-0.2, 0) is 0 Å². The second-order valence-electron chi connectivity index (χ2n) is 7.06. The molecule has 0 radical (unpaired) electrons. The Kier molecular flexibility index (Phi) is 6.39. The first kappa shape index (κ1) is 18.6. The number of amides is 1. The molecule has 26 heavy (non-hydrogen) atoms. The molecular formula is C21H28N4O. The number of carbonyl (C=O) groups excluding carboxylic acids is 1. The SMILES string of the molecule is CN(C)CCC(NC(=O)c1ccc(C2CCNN2)cc1)c1ccccc1. The molecular weight excluding hydrogens is 324 g/mol. The first-order chi connectivity index (χ1) is 12.6. The van der Waals surface area contributed by atoms with Gasteiger partial charge in [-0.2, -0.15) is 0 Å². The van der Waals surface area contributed by atoms with E-state index in [1.165, 1.54) is 5.56 Å². The van der Waals surface area contributed by atoms with Crippen LogP contribution < -0.4 is 16.2 Å². The highest BCUT2D eigenvalue weighted by Crippen LogP contribution is 2.21. The molecule has 0 saturated carbocycles. The van der Waals surface area contributed by atoms with E-state index in [1.807, 2.05) is 42.5 Å². The van der Waals surface area contributed by atoms with Gasteiger partial charge in [-0.15, -0.1) is 0 Å². The normalized spacial score (nSPS) is 18.0. The molecule has 2 atom stereocenters. The summed E-state index contributed by atoms with van der Waals surface area (Å²) in [5.41, 5.74) is 9.44. The summed E-state index contributed by atoms with van der Waals surface area (Å²) in [6.07, 6.45) is 1.94. The maximum Gasteiger partial charge on any atom is 0.251 e. The topological polar surface area (TPSA) is 56.4 Å². The van der Waals surface area contributed by atoms with Gasteiger partial charge in [0.15, 0.2) is 0 Å². The molecule has 3 rings (SSSR count). The Morgan fingerprint density at radius 1 is 1.15 bits per heavy atom.